The summed E-state index contributed by atoms with van der Waals surface area (Å²) < 4.78 is 15.1. The lowest BCUT2D eigenvalue weighted by Gasteiger charge is -2.10. The van der Waals surface area contributed by atoms with E-state index < -0.39 is 5.97 Å². The summed E-state index contributed by atoms with van der Waals surface area (Å²) in [4.78, 5) is 12.3. The molecule has 4 N–H and O–H groups in total. The number of carbonyl (C=O) groups excluding carboxylic acids is 1. The average Bonchev–Trinajstić information content (AvgIpc) is 3.15. The Hall–Kier alpha value is -3.92. The van der Waals surface area contributed by atoms with Gasteiger partial charge in [-0.1, -0.05) is 11.6 Å². The van der Waals surface area contributed by atoms with Crippen molar-refractivity contribution in [1.29, 1.82) is 0 Å². The quantitative estimate of drug-likeness (QED) is 0.205. The van der Waals surface area contributed by atoms with Crippen LogP contribution in [0.25, 0.3) is 0 Å². The molecule has 3 aromatic rings. The molecular weight excluding hydrogens is 400 g/mol. The molecule has 0 saturated heterocycles. The van der Waals surface area contributed by atoms with Crippen molar-refractivity contribution in [3.8, 4) is 11.5 Å². The number of methoxy groups -OCH3 is 1. The molecule has 0 radical (unpaired) electrons. The number of nitrogens with two attached hydrogens (primary N) is 2. The summed E-state index contributed by atoms with van der Waals surface area (Å²) in [7, 11) is 1.45. The Balaban J connectivity index is 1.74. The summed E-state index contributed by atoms with van der Waals surface area (Å²) in [6.45, 7) is 0. The van der Waals surface area contributed by atoms with Crippen molar-refractivity contribution in [2.75, 3.05) is 12.8 Å². The predicted molar refractivity (Wildman–Crippen MR) is 106 cm³/mol. The van der Waals surface area contributed by atoms with Gasteiger partial charge in [0.1, 0.15) is 0 Å². The highest BCUT2D eigenvalue weighted by atomic mass is 35.5. The number of hydrogen-bond acceptors (Lipinski definition) is 9. The fourth-order valence-corrected chi connectivity index (χ4v) is 2.30. The minimum atomic E-state index is -0.544. The number of benzene rings is 2. The second-order valence-electron chi connectivity index (χ2n) is 5.53. The third kappa shape index (κ3) is 4.87. The summed E-state index contributed by atoms with van der Waals surface area (Å²) in [5.41, 5.74) is 12.3. The van der Waals surface area contributed by atoms with Gasteiger partial charge in [0.2, 0.25) is 0 Å². The second kappa shape index (κ2) is 8.85. The van der Waals surface area contributed by atoms with E-state index in [9.17, 15) is 4.79 Å². The first-order chi connectivity index (χ1) is 14.0. The lowest BCUT2D eigenvalue weighted by Crippen LogP contribution is -2.15. The number of anilines is 1. The number of halogens is 1. The summed E-state index contributed by atoms with van der Waals surface area (Å²) >= 11 is 5.82. The maximum absolute atomic E-state index is 12.3. The van der Waals surface area contributed by atoms with Crippen LogP contribution in [0, 0.1) is 0 Å². The number of carbonyl (C=O) groups is 1. The van der Waals surface area contributed by atoms with Gasteiger partial charge in [0, 0.05) is 5.02 Å². The van der Waals surface area contributed by atoms with Crippen molar-refractivity contribution in [1.82, 2.24) is 10.3 Å². The standard InChI is InChI=1S/C18H15ClN6O4/c1-27-14-8-10(9-22-23-16(20)15-17(21)25-29-24-15)2-7-13(14)28-18(26)11-3-5-12(19)6-4-11/h2-9H,1H3,(H2,20,23)(H2,21,25). The molecule has 0 spiro atoms. The van der Waals surface area contributed by atoms with Crippen LogP contribution < -0.4 is 20.9 Å². The summed E-state index contributed by atoms with van der Waals surface area (Å²) in [5, 5.41) is 15.1. The molecule has 0 aliphatic rings. The van der Waals surface area contributed by atoms with Crippen molar-refractivity contribution < 1.29 is 18.9 Å². The fourth-order valence-electron chi connectivity index (χ4n) is 2.17. The van der Waals surface area contributed by atoms with Crippen LogP contribution in [-0.4, -0.2) is 35.4 Å². The minimum absolute atomic E-state index is 0.00924. The molecule has 0 saturated carbocycles. The van der Waals surface area contributed by atoms with Crippen molar-refractivity contribution in [2.24, 2.45) is 15.9 Å². The Labute approximate surface area is 169 Å². The number of amidine groups is 1. The zero-order valence-electron chi connectivity index (χ0n) is 15.1. The average molecular weight is 415 g/mol. The highest BCUT2D eigenvalue weighted by molar-refractivity contribution is 6.30. The van der Waals surface area contributed by atoms with E-state index in [0.717, 1.165) is 0 Å². The molecule has 2 aromatic carbocycles. The van der Waals surface area contributed by atoms with Gasteiger partial charge in [0.05, 0.1) is 18.9 Å². The highest BCUT2D eigenvalue weighted by Crippen LogP contribution is 2.28. The van der Waals surface area contributed by atoms with E-state index in [1.54, 1.807) is 42.5 Å². The molecule has 10 nitrogen and oxygen atoms in total. The van der Waals surface area contributed by atoms with E-state index in [-0.39, 0.29) is 23.1 Å². The topological polar surface area (TPSA) is 151 Å². The van der Waals surface area contributed by atoms with Crippen molar-refractivity contribution in [2.45, 2.75) is 0 Å². The first-order valence-corrected chi connectivity index (χ1v) is 8.46. The number of hydrogen-bond donors (Lipinski definition) is 2. The van der Waals surface area contributed by atoms with Crippen LogP contribution in [0.2, 0.25) is 5.02 Å². The van der Waals surface area contributed by atoms with Gasteiger partial charge in [-0.05, 0) is 58.3 Å². The number of nitrogen functional groups attached to an aromatic ring is 1. The van der Waals surface area contributed by atoms with E-state index in [1.807, 2.05) is 0 Å². The minimum Gasteiger partial charge on any atom is -0.493 e. The van der Waals surface area contributed by atoms with Crippen LogP contribution in [-0.2, 0) is 0 Å². The number of nitrogens with zero attached hydrogens (tertiary/aromatic N) is 4. The van der Waals surface area contributed by atoms with E-state index in [4.69, 9.17) is 32.5 Å². The fraction of sp³-hybridized carbons (Fsp3) is 0.0556. The molecule has 0 aliphatic heterocycles. The smallest absolute Gasteiger partial charge is 0.343 e. The molecule has 148 valence electrons. The Morgan fingerprint density at radius 1 is 1.17 bits per heavy atom. The van der Waals surface area contributed by atoms with Crippen LogP contribution in [0.5, 0.6) is 11.5 Å². The lowest BCUT2D eigenvalue weighted by atomic mass is 10.2. The number of ether oxygens (including phenoxy) is 2. The monoisotopic (exact) mass is 414 g/mol. The van der Waals surface area contributed by atoms with Crippen molar-refractivity contribution >= 4 is 35.4 Å². The summed E-state index contributed by atoms with van der Waals surface area (Å²) in [5.74, 6) is -0.0137. The first kappa shape index (κ1) is 19.8. The maximum atomic E-state index is 12.3. The van der Waals surface area contributed by atoms with Crippen LogP contribution in [0.1, 0.15) is 21.6 Å². The third-order valence-corrected chi connectivity index (χ3v) is 3.85. The molecule has 11 heteroatoms. The van der Waals surface area contributed by atoms with Gasteiger partial charge in [-0.3, -0.25) is 0 Å². The van der Waals surface area contributed by atoms with Crippen LogP contribution in [0.4, 0.5) is 5.82 Å². The third-order valence-electron chi connectivity index (χ3n) is 3.60. The van der Waals surface area contributed by atoms with E-state index in [0.29, 0.717) is 21.9 Å². The van der Waals surface area contributed by atoms with Gasteiger partial charge in [0.15, 0.2) is 28.8 Å². The predicted octanol–water partition coefficient (Wildman–Crippen LogP) is 2.27. The van der Waals surface area contributed by atoms with Gasteiger partial charge >= 0.3 is 5.97 Å². The highest BCUT2D eigenvalue weighted by Gasteiger charge is 2.13. The molecule has 1 aromatic heterocycles. The Morgan fingerprint density at radius 2 is 1.93 bits per heavy atom. The van der Waals surface area contributed by atoms with Gasteiger partial charge in [-0.15, -0.1) is 5.10 Å². The van der Waals surface area contributed by atoms with Gasteiger partial charge in [-0.2, -0.15) is 5.10 Å². The van der Waals surface area contributed by atoms with Gasteiger partial charge in [-0.25, -0.2) is 9.42 Å². The molecule has 0 bridgehead atoms. The van der Waals surface area contributed by atoms with E-state index in [2.05, 4.69) is 25.1 Å². The molecule has 0 aliphatic carbocycles. The normalized spacial score (nSPS) is 11.6. The molecular formula is C18H15ClN6O4. The van der Waals surface area contributed by atoms with Gasteiger partial charge < -0.3 is 20.9 Å². The molecule has 0 unspecified atom stereocenters. The zero-order valence-corrected chi connectivity index (χ0v) is 15.8. The van der Waals surface area contributed by atoms with Crippen molar-refractivity contribution in [3.63, 3.8) is 0 Å². The number of rotatable bonds is 6. The Bertz CT molecular complexity index is 1080. The molecule has 29 heavy (non-hydrogen) atoms. The lowest BCUT2D eigenvalue weighted by molar-refractivity contribution is 0.0729. The number of esters is 1. The van der Waals surface area contributed by atoms with E-state index in [1.165, 1.54) is 13.3 Å². The Kier molecular flexibility index (Phi) is 6.05. The maximum Gasteiger partial charge on any atom is 0.343 e. The second-order valence-corrected chi connectivity index (χ2v) is 5.97. The number of aromatic nitrogens is 2. The zero-order chi connectivity index (χ0) is 20.8. The van der Waals surface area contributed by atoms with Gasteiger partial charge in [0.25, 0.3) is 0 Å². The molecule has 0 fully saturated rings. The Morgan fingerprint density at radius 3 is 2.59 bits per heavy atom. The largest absolute Gasteiger partial charge is 0.493 e. The first-order valence-electron chi connectivity index (χ1n) is 8.08. The van der Waals surface area contributed by atoms with Crippen LogP contribution in [0.3, 0.4) is 0 Å². The molecule has 0 atom stereocenters. The molecule has 1 heterocycles. The molecule has 3 rings (SSSR count). The van der Waals surface area contributed by atoms with Crippen LogP contribution >= 0.6 is 11.6 Å². The summed E-state index contributed by atoms with van der Waals surface area (Å²) in [6, 6.07) is 11.2. The summed E-state index contributed by atoms with van der Waals surface area (Å²) in [6.07, 6.45) is 1.42. The van der Waals surface area contributed by atoms with Crippen LogP contribution in [0.15, 0.2) is 57.3 Å². The van der Waals surface area contributed by atoms with E-state index >= 15 is 0 Å². The van der Waals surface area contributed by atoms with Crippen molar-refractivity contribution in [3.05, 3.63) is 64.3 Å². The molecule has 0 amide bonds. The SMILES string of the molecule is COc1cc(C=NN=C(N)c2nonc2N)ccc1OC(=O)c1ccc(Cl)cc1.